The van der Waals surface area contributed by atoms with Gasteiger partial charge in [-0.1, -0.05) is 23.2 Å². The van der Waals surface area contributed by atoms with Crippen LogP contribution in [-0.4, -0.2) is 48.8 Å². The summed E-state index contributed by atoms with van der Waals surface area (Å²) in [6.07, 6.45) is 1.68. The number of nitrogens with one attached hydrogen (secondary N) is 1. The normalized spacial score (nSPS) is 14.2. The number of carbonyl (C=O) groups is 1. The SMILES string of the molecule is O=C(COc1ccc(Cl)cc1Cl)NCc1ccnc(N2CCOCC2)n1. The Bertz CT molecular complexity index is 769. The molecule has 0 atom stereocenters. The van der Waals surface area contributed by atoms with Gasteiger partial charge in [-0.2, -0.15) is 0 Å². The van der Waals surface area contributed by atoms with Crippen LogP contribution in [0, 0.1) is 0 Å². The van der Waals surface area contributed by atoms with Crippen molar-refractivity contribution in [3.8, 4) is 5.75 Å². The van der Waals surface area contributed by atoms with Gasteiger partial charge in [0.05, 0.1) is 30.5 Å². The molecule has 0 aliphatic carbocycles. The molecule has 0 spiro atoms. The minimum Gasteiger partial charge on any atom is -0.482 e. The minimum atomic E-state index is -0.275. The molecule has 0 bridgehead atoms. The number of hydrogen-bond donors (Lipinski definition) is 1. The molecule has 1 saturated heterocycles. The average Bonchev–Trinajstić information content (AvgIpc) is 2.66. The third-order valence-corrected chi connectivity index (χ3v) is 4.24. The molecular weight excluding hydrogens is 379 g/mol. The Morgan fingerprint density at radius 1 is 1.27 bits per heavy atom. The molecule has 1 aromatic heterocycles. The molecule has 0 radical (unpaired) electrons. The zero-order valence-corrected chi connectivity index (χ0v) is 15.5. The van der Waals surface area contributed by atoms with E-state index in [2.05, 4.69) is 20.2 Å². The van der Waals surface area contributed by atoms with Gasteiger partial charge in [0.25, 0.3) is 5.91 Å². The monoisotopic (exact) mass is 396 g/mol. The zero-order chi connectivity index (χ0) is 18.4. The van der Waals surface area contributed by atoms with E-state index in [0.29, 0.717) is 35.0 Å². The number of aromatic nitrogens is 2. The van der Waals surface area contributed by atoms with Crippen LogP contribution in [0.5, 0.6) is 5.75 Å². The summed E-state index contributed by atoms with van der Waals surface area (Å²) in [6, 6.07) is 6.59. The van der Waals surface area contributed by atoms with Crippen molar-refractivity contribution in [1.82, 2.24) is 15.3 Å². The molecular formula is C17H18Cl2N4O3. The molecule has 0 saturated carbocycles. The van der Waals surface area contributed by atoms with E-state index in [-0.39, 0.29) is 19.1 Å². The van der Waals surface area contributed by atoms with Crippen molar-refractivity contribution in [3.05, 3.63) is 46.2 Å². The Morgan fingerprint density at radius 3 is 2.85 bits per heavy atom. The third-order valence-electron chi connectivity index (χ3n) is 3.71. The van der Waals surface area contributed by atoms with Gasteiger partial charge in [0.2, 0.25) is 5.95 Å². The van der Waals surface area contributed by atoms with Gasteiger partial charge in [-0.15, -0.1) is 0 Å². The predicted octanol–water partition coefficient (Wildman–Crippen LogP) is 2.32. The first-order valence-corrected chi connectivity index (χ1v) is 8.86. The van der Waals surface area contributed by atoms with Crippen LogP contribution in [0.3, 0.4) is 0 Å². The van der Waals surface area contributed by atoms with E-state index in [1.165, 1.54) is 0 Å². The molecule has 3 rings (SSSR count). The van der Waals surface area contributed by atoms with Crippen molar-refractivity contribution in [2.24, 2.45) is 0 Å². The second-order valence-electron chi connectivity index (χ2n) is 5.59. The molecule has 2 heterocycles. The largest absolute Gasteiger partial charge is 0.482 e. The highest BCUT2D eigenvalue weighted by atomic mass is 35.5. The summed E-state index contributed by atoms with van der Waals surface area (Å²) in [4.78, 5) is 22.8. The Morgan fingerprint density at radius 2 is 2.08 bits per heavy atom. The van der Waals surface area contributed by atoms with E-state index in [0.717, 1.165) is 18.8 Å². The number of morpholine rings is 1. The molecule has 1 aromatic carbocycles. The van der Waals surface area contributed by atoms with Crippen LogP contribution in [0.2, 0.25) is 10.0 Å². The lowest BCUT2D eigenvalue weighted by atomic mass is 10.3. The number of nitrogens with zero attached hydrogens (tertiary/aromatic N) is 3. The van der Waals surface area contributed by atoms with Crippen molar-refractivity contribution in [2.75, 3.05) is 37.8 Å². The Labute approximate surface area is 161 Å². The van der Waals surface area contributed by atoms with E-state index in [1.807, 2.05) is 0 Å². The van der Waals surface area contributed by atoms with Crippen LogP contribution in [-0.2, 0) is 16.1 Å². The second-order valence-corrected chi connectivity index (χ2v) is 6.43. The van der Waals surface area contributed by atoms with Crippen molar-refractivity contribution in [1.29, 1.82) is 0 Å². The summed E-state index contributed by atoms with van der Waals surface area (Å²) >= 11 is 11.8. The maximum absolute atomic E-state index is 12.0. The molecule has 1 fully saturated rings. The summed E-state index contributed by atoms with van der Waals surface area (Å²) in [6.45, 7) is 2.97. The van der Waals surface area contributed by atoms with Gasteiger partial charge in [0, 0.05) is 24.3 Å². The Balaban J connectivity index is 1.49. The van der Waals surface area contributed by atoms with Gasteiger partial charge >= 0.3 is 0 Å². The average molecular weight is 397 g/mol. The Hall–Kier alpha value is -2.09. The first kappa shape index (κ1) is 18.7. The zero-order valence-electron chi connectivity index (χ0n) is 14.0. The van der Waals surface area contributed by atoms with Crippen molar-refractivity contribution in [2.45, 2.75) is 6.54 Å². The molecule has 138 valence electrons. The fourth-order valence-electron chi connectivity index (χ4n) is 2.37. The van der Waals surface area contributed by atoms with E-state index in [9.17, 15) is 4.79 Å². The molecule has 1 aliphatic rings. The number of carbonyl (C=O) groups excluding carboxylic acids is 1. The fourth-order valence-corrected chi connectivity index (χ4v) is 2.84. The maximum Gasteiger partial charge on any atom is 0.258 e. The molecule has 2 aromatic rings. The van der Waals surface area contributed by atoms with Gasteiger partial charge in [0.1, 0.15) is 5.75 Å². The molecule has 1 N–H and O–H groups in total. The van der Waals surface area contributed by atoms with Crippen molar-refractivity contribution >= 4 is 35.1 Å². The lowest BCUT2D eigenvalue weighted by molar-refractivity contribution is -0.123. The number of benzene rings is 1. The summed E-state index contributed by atoms with van der Waals surface area (Å²) < 4.78 is 10.7. The quantitative estimate of drug-likeness (QED) is 0.807. The summed E-state index contributed by atoms with van der Waals surface area (Å²) in [5, 5.41) is 3.63. The molecule has 7 nitrogen and oxygen atoms in total. The highest BCUT2D eigenvalue weighted by Crippen LogP contribution is 2.27. The number of rotatable bonds is 6. The molecule has 9 heteroatoms. The van der Waals surface area contributed by atoms with Gasteiger partial charge in [0.15, 0.2) is 6.61 Å². The second kappa shape index (κ2) is 9.02. The number of halogens is 2. The fraction of sp³-hybridized carbons (Fsp3) is 0.353. The highest BCUT2D eigenvalue weighted by molar-refractivity contribution is 6.35. The molecule has 1 amide bonds. The minimum absolute atomic E-state index is 0.150. The molecule has 1 aliphatic heterocycles. The lowest BCUT2D eigenvalue weighted by Crippen LogP contribution is -2.37. The van der Waals surface area contributed by atoms with E-state index < -0.39 is 0 Å². The van der Waals surface area contributed by atoms with Crippen molar-refractivity contribution in [3.63, 3.8) is 0 Å². The molecule has 0 unspecified atom stereocenters. The van der Waals surface area contributed by atoms with Gasteiger partial charge in [-0.05, 0) is 24.3 Å². The van der Waals surface area contributed by atoms with Crippen LogP contribution in [0.25, 0.3) is 0 Å². The highest BCUT2D eigenvalue weighted by Gasteiger charge is 2.14. The third kappa shape index (κ3) is 5.20. The van der Waals surface area contributed by atoms with Crippen LogP contribution in [0.1, 0.15) is 5.69 Å². The topological polar surface area (TPSA) is 76.6 Å². The standard InChI is InChI=1S/C17H18Cl2N4O3/c18-12-1-2-15(14(19)9-12)26-11-16(24)21-10-13-3-4-20-17(22-13)23-5-7-25-8-6-23/h1-4,9H,5-8,10-11H2,(H,21,24). The lowest BCUT2D eigenvalue weighted by Gasteiger charge is -2.26. The summed E-state index contributed by atoms with van der Waals surface area (Å²) in [7, 11) is 0. The molecule has 26 heavy (non-hydrogen) atoms. The van der Waals surface area contributed by atoms with Gasteiger partial charge in [-0.25, -0.2) is 9.97 Å². The van der Waals surface area contributed by atoms with Gasteiger partial charge in [-0.3, -0.25) is 4.79 Å². The summed E-state index contributed by atoms with van der Waals surface area (Å²) in [5.74, 6) is 0.773. The number of anilines is 1. The van der Waals surface area contributed by atoms with Crippen molar-refractivity contribution < 1.29 is 14.3 Å². The van der Waals surface area contributed by atoms with E-state index in [4.69, 9.17) is 32.7 Å². The number of amides is 1. The Kier molecular flexibility index (Phi) is 6.49. The summed E-state index contributed by atoms with van der Waals surface area (Å²) in [5.41, 5.74) is 0.722. The van der Waals surface area contributed by atoms with Crippen LogP contribution >= 0.6 is 23.2 Å². The van der Waals surface area contributed by atoms with Crippen LogP contribution < -0.4 is 15.0 Å². The predicted molar refractivity (Wildman–Crippen MR) is 98.9 cm³/mol. The van der Waals surface area contributed by atoms with E-state index in [1.54, 1.807) is 30.5 Å². The first-order chi connectivity index (χ1) is 12.6. The maximum atomic E-state index is 12.0. The number of ether oxygens (including phenoxy) is 2. The van der Waals surface area contributed by atoms with Crippen LogP contribution in [0.15, 0.2) is 30.5 Å². The van der Waals surface area contributed by atoms with Crippen LogP contribution in [0.4, 0.5) is 5.95 Å². The number of hydrogen-bond acceptors (Lipinski definition) is 6. The van der Waals surface area contributed by atoms with E-state index >= 15 is 0 Å². The smallest absolute Gasteiger partial charge is 0.258 e. The first-order valence-electron chi connectivity index (χ1n) is 8.11. The van der Waals surface area contributed by atoms with Gasteiger partial charge < -0.3 is 19.7 Å².